The molecule has 2 aliphatic rings. The standard InChI is InChI=1S/C30H38N2O3/c1-21-5-4-7-23(15-21)17-26(33)9-10-27-28-18-24(16-25(28)19-29(27)34)6-2-3-8-30(35)32-20-22-11-13-31-14-12-22/h4-5,7,9-16,25-29,33-34H,2-3,6,8,17-20H2,1H3,(H,32,35)/b10-9+/t25-,26+,27+,28-,29+/m0/s1. The Hall–Kier alpha value is -2.76. The van der Waals surface area contributed by atoms with Crippen LogP contribution in [0.15, 0.2) is 72.6 Å². The number of carbonyl (C=O) groups is 1. The van der Waals surface area contributed by atoms with Crippen LogP contribution in [-0.2, 0) is 17.8 Å². The van der Waals surface area contributed by atoms with Crippen molar-refractivity contribution in [3.8, 4) is 0 Å². The van der Waals surface area contributed by atoms with Crippen molar-refractivity contribution >= 4 is 5.91 Å². The summed E-state index contributed by atoms with van der Waals surface area (Å²) in [4.78, 5) is 16.1. The van der Waals surface area contributed by atoms with Gasteiger partial charge in [-0.1, -0.05) is 53.6 Å². The Morgan fingerprint density at radius 2 is 2.03 bits per heavy atom. The summed E-state index contributed by atoms with van der Waals surface area (Å²) in [5, 5.41) is 24.1. The Morgan fingerprint density at radius 3 is 2.83 bits per heavy atom. The van der Waals surface area contributed by atoms with Gasteiger partial charge in [0.15, 0.2) is 0 Å². The number of unbranched alkanes of at least 4 members (excludes halogenated alkanes) is 1. The molecule has 1 aromatic carbocycles. The van der Waals surface area contributed by atoms with E-state index >= 15 is 0 Å². The van der Waals surface area contributed by atoms with E-state index in [2.05, 4.69) is 41.5 Å². The van der Waals surface area contributed by atoms with Crippen molar-refractivity contribution in [2.24, 2.45) is 17.8 Å². The van der Waals surface area contributed by atoms with E-state index in [9.17, 15) is 15.0 Å². The number of aliphatic hydroxyl groups excluding tert-OH is 2. The average molecular weight is 475 g/mol. The molecule has 0 radical (unpaired) electrons. The summed E-state index contributed by atoms with van der Waals surface area (Å²) in [6, 6.07) is 12.1. The van der Waals surface area contributed by atoms with Crippen molar-refractivity contribution in [2.45, 2.75) is 70.6 Å². The molecule has 3 N–H and O–H groups in total. The van der Waals surface area contributed by atoms with Crippen LogP contribution in [0.3, 0.4) is 0 Å². The molecule has 0 spiro atoms. The Labute approximate surface area is 209 Å². The minimum absolute atomic E-state index is 0.0941. The third-order valence-electron chi connectivity index (χ3n) is 7.42. The van der Waals surface area contributed by atoms with Crippen LogP contribution < -0.4 is 5.32 Å². The van der Waals surface area contributed by atoms with E-state index in [4.69, 9.17) is 0 Å². The molecule has 35 heavy (non-hydrogen) atoms. The summed E-state index contributed by atoms with van der Waals surface area (Å²) in [6.45, 7) is 2.61. The van der Waals surface area contributed by atoms with Crippen molar-refractivity contribution < 1.29 is 15.0 Å². The van der Waals surface area contributed by atoms with Crippen molar-refractivity contribution in [1.29, 1.82) is 0 Å². The highest BCUT2D eigenvalue weighted by molar-refractivity contribution is 5.75. The van der Waals surface area contributed by atoms with Crippen LogP contribution >= 0.6 is 0 Å². The Bertz CT molecular complexity index is 1030. The molecule has 1 heterocycles. The molecule has 1 fully saturated rings. The van der Waals surface area contributed by atoms with Gasteiger partial charge in [-0.25, -0.2) is 0 Å². The Balaban J connectivity index is 1.17. The van der Waals surface area contributed by atoms with Crippen molar-refractivity contribution in [2.75, 3.05) is 0 Å². The maximum atomic E-state index is 12.1. The summed E-state index contributed by atoms with van der Waals surface area (Å²) < 4.78 is 0. The maximum absolute atomic E-state index is 12.1. The number of nitrogens with one attached hydrogen (secondary N) is 1. The fourth-order valence-electron chi connectivity index (χ4n) is 5.62. The molecule has 1 amide bonds. The number of aromatic nitrogens is 1. The van der Waals surface area contributed by atoms with Gasteiger partial charge >= 0.3 is 0 Å². The van der Waals surface area contributed by atoms with Gasteiger partial charge in [-0.05, 0) is 74.1 Å². The van der Waals surface area contributed by atoms with E-state index in [1.54, 1.807) is 12.4 Å². The second-order valence-corrected chi connectivity index (χ2v) is 10.2. The molecule has 2 aliphatic carbocycles. The van der Waals surface area contributed by atoms with Gasteiger partial charge in [-0.15, -0.1) is 0 Å². The molecule has 5 heteroatoms. The largest absolute Gasteiger partial charge is 0.392 e. The molecule has 1 saturated carbocycles. The zero-order valence-electron chi connectivity index (χ0n) is 20.6. The van der Waals surface area contributed by atoms with Gasteiger partial charge in [0, 0.05) is 37.7 Å². The van der Waals surface area contributed by atoms with E-state index < -0.39 is 6.10 Å². The van der Waals surface area contributed by atoms with Gasteiger partial charge in [0.25, 0.3) is 0 Å². The fourth-order valence-corrected chi connectivity index (χ4v) is 5.62. The second-order valence-electron chi connectivity index (χ2n) is 10.2. The van der Waals surface area contributed by atoms with Gasteiger partial charge in [-0.3, -0.25) is 9.78 Å². The number of nitrogens with zero attached hydrogens (tertiary/aromatic N) is 1. The van der Waals surface area contributed by atoms with Crippen LogP contribution in [0.2, 0.25) is 0 Å². The predicted molar refractivity (Wildman–Crippen MR) is 138 cm³/mol. The molecular weight excluding hydrogens is 436 g/mol. The van der Waals surface area contributed by atoms with Crippen molar-refractivity contribution in [1.82, 2.24) is 10.3 Å². The topological polar surface area (TPSA) is 82.5 Å². The quantitative estimate of drug-likeness (QED) is 0.327. The minimum atomic E-state index is -0.540. The Kier molecular flexibility index (Phi) is 8.89. The number of carbonyl (C=O) groups excluding carboxylic acids is 1. The molecular formula is C30H38N2O3. The first-order valence-electron chi connectivity index (χ1n) is 12.9. The number of amides is 1. The predicted octanol–water partition coefficient (Wildman–Crippen LogP) is 4.67. The number of aryl methyl sites for hydroxylation is 1. The van der Waals surface area contributed by atoms with Crippen LogP contribution in [0.4, 0.5) is 0 Å². The number of fused-ring (bicyclic) bond motifs is 1. The number of allylic oxidation sites excluding steroid dienone is 2. The third kappa shape index (κ3) is 7.36. The highest BCUT2D eigenvalue weighted by atomic mass is 16.3. The fraction of sp³-hybridized carbons (Fsp3) is 0.467. The van der Waals surface area contributed by atoms with Gasteiger partial charge in [0.1, 0.15) is 0 Å². The van der Waals surface area contributed by atoms with Crippen LogP contribution in [0, 0.1) is 24.7 Å². The smallest absolute Gasteiger partial charge is 0.220 e. The van der Waals surface area contributed by atoms with Crippen LogP contribution in [0.5, 0.6) is 0 Å². The van der Waals surface area contributed by atoms with Crippen molar-refractivity contribution in [3.63, 3.8) is 0 Å². The first kappa shape index (κ1) is 25.3. The molecule has 186 valence electrons. The first-order valence-corrected chi connectivity index (χ1v) is 12.9. The van der Waals surface area contributed by atoms with Crippen LogP contribution in [0.1, 0.15) is 55.2 Å². The highest BCUT2D eigenvalue weighted by Crippen LogP contribution is 2.48. The van der Waals surface area contributed by atoms with E-state index in [-0.39, 0.29) is 17.9 Å². The summed E-state index contributed by atoms with van der Waals surface area (Å²) in [5.41, 5.74) is 4.85. The normalized spacial score (nSPS) is 24.4. The molecule has 0 unspecified atom stereocenters. The number of rotatable bonds is 11. The molecule has 2 aromatic rings. The number of pyridine rings is 1. The highest BCUT2D eigenvalue weighted by Gasteiger charge is 2.43. The minimum Gasteiger partial charge on any atom is -0.392 e. The summed E-state index contributed by atoms with van der Waals surface area (Å²) in [7, 11) is 0. The number of hydrogen-bond acceptors (Lipinski definition) is 4. The summed E-state index contributed by atoms with van der Waals surface area (Å²) in [5.74, 6) is 1.04. The Morgan fingerprint density at radius 1 is 1.20 bits per heavy atom. The third-order valence-corrected chi connectivity index (χ3v) is 7.42. The lowest BCUT2D eigenvalue weighted by molar-refractivity contribution is -0.121. The molecule has 0 bridgehead atoms. The van der Waals surface area contributed by atoms with Gasteiger partial charge in [0.2, 0.25) is 5.91 Å². The monoisotopic (exact) mass is 474 g/mol. The molecule has 0 saturated heterocycles. The number of hydrogen-bond donors (Lipinski definition) is 3. The van der Waals surface area contributed by atoms with E-state index in [1.807, 2.05) is 30.3 Å². The lowest BCUT2D eigenvalue weighted by atomic mass is 9.88. The van der Waals surface area contributed by atoms with Crippen LogP contribution in [0.25, 0.3) is 0 Å². The summed E-state index contributed by atoms with van der Waals surface area (Å²) >= 11 is 0. The van der Waals surface area contributed by atoms with Gasteiger partial charge < -0.3 is 15.5 Å². The maximum Gasteiger partial charge on any atom is 0.220 e. The lowest BCUT2D eigenvalue weighted by Crippen LogP contribution is -2.22. The molecule has 5 atom stereocenters. The first-order chi connectivity index (χ1) is 17.0. The van der Waals surface area contributed by atoms with Gasteiger partial charge in [0.05, 0.1) is 12.2 Å². The SMILES string of the molecule is Cc1cccc(C[C@H](O)/C=C/[C@@H]2[C@H]3CC(CCCCC(=O)NCc4ccncc4)=C[C@H]3C[C@H]2O)c1. The van der Waals surface area contributed by atoms with E-state index in [1.165, 1.54) is 11.1 Å². The number of aliphatic hydroxyl groups is 2. The number of benzene rings is 1. The zero-order chi connectivity index (χ0) is 24.6. The van der Waals surface area contributed by atoms with E-state index in [0.717, 1.165) is 43.2 Å². The summed E-state index contributed by atoms with van der Waals surface area (Å²) in [6.07, 6.45) is 14.8. The second kappa shape index (κ2) is 12.3. The molecule has 5 nitrogen and oxygen atoms in total. The van der Waals surface area contributed by atoms with Crippen molar-refractivity contribution in [3.05, 3.63) is 89.3 Å². The molecule has 4 rings (SSSR count). The lowest BCUT2D eigenvalue weighted by Gasteiger charge is -2.19. The molecule has 1 aromatic heterocycles. The molecule has 0 aliphatic heterocycles. The van der Waals surface area contributed by atoms with Crippen LogP contribution in [-0.4, -0.2) is 33.3 Å². The van der Waals surface area contributed by atoms with E-state index in [0.29, 0.717) is 31.2 Å². The van der Waals surface area contributed by atoms with Gasteiger partial charge in [-0.2, -0.15) is 0 Å². The average Bonchev–Trinajstić information content (AvgIpc) is 3.36. The zero-order valence-corrected chi connectivity index (χ0v) is 20.6.